The van der Waals surface area contributed by atoms with E-state index < -0.39 is 9.84 Å². The van der Waals surface area contributed by atoms with E-state index in [1.807, 2.05) is 38.1 Å². The lowest BCUT2D eigenvalue weighted by Crippen LogP contribution is -2.11. The number of hydrogen-bond donors (Lipinski definition) is 2. The lowest BCUT2D eigenvalue weighted by Gasteiger charge is -2.20. The van der Waals surface area contributed by atoms with Gasteiger partial charge >= 0.3 is 0 Å². The molecule has 0 aliphatic carbocycles. The van der Waals surface area contributed by atoms with Gasteiger partial charge in [-0.3, -0.25) is 0 Å². The van der Waals surface area contributed by atoms with E-state index in [-0.39, 0.29) is 16.6 Å². The van der Waals surface area contributed by atoms with E-state index in [0.29, 0.717) is 5.69 Å². The van der Waals surface area contributed by atoms with Gasteiger partial charge in [-0.15, -0.1) is 0 Å². The van der Waals surface area contributed by atoms with Gasteiger partial charge in [-0.2, -0.15) is 0 Å². The van der Waals surface area contributed by atoms with Crippen molar-refractivity contribution in [3.8, 4) is 0 Å². The molecule has 3 N–H and O–H groups in total. The van der Waals surface area contributed by atoms with Gasteiger partial charge in [0, 0.05) is 12.3 Å². The molecule has 0 saturated carbocycles. The van der Waals surface area contributed by atoms with Crippen molar-refractivity contribution in [1.82, 2.24) is 0 Å². The molecule has 1 atom stereocenters. The number of nitrogens with two attached hydrogens (primary N) is 1. The van der Waals surface area contributed by atoms with Crippen LogP contribution in [0.2, 0.25) is 0 Å². The van der Waals surface area contributed by atoms with Crippen LogP contribution in [0.1, 0.15) is 24.1 Å². The van der Waals surface area contributed by atoms with Crippen LogP contribution in [-0.4, -0.2) is 14.7 Å². The highest BCUT2D eigenvalue weighted by Crippen LogP contribution is 2.30. The van der Waals surface area contributed by atoms with Gasteiger partial charge in [0.05, 0.1) is 16.3 Å². The molecular weight excluding hydrogens is 284 g/mol. The van der Waals surface area contributed by atoms with Crippen LogP contribution >= 0.6 is 0 Å². The third-order valence-corrected chi connectivity index (χ3v) is 4.65. The highest BCUT2D eigenvalue weighted by atomic mass is 32.2. The molecule has 5 heteroatoms. The lowest BCUT2D eigenvalue weighted by atomic mass is 10.0. The Balaban J connectivity index is 2.35. The highest BCUT2D eigenvalue weighted by Gasteiger charge is 2.16. The minimum atomic E-state index is -3.33. The summed E-state index contributed by atoms with van der Waals surface area (Å²) in [6.45, 7) is 4.07. The Hall–Kier alpha value is -2.01. The second kappa shape index (κ2) is 5.77. The fourth-order valence-corrected chi connectivity index (χ4v) is 3.21. The first-order chi connectivity index (χ1) is 9.80. The summed E-state index contributed by atoms with van der Waals surface area (Å²) in [5, 5.41) is 3.29. The van der Waals surface area contributed by atoms with Crippen molar-refractivity contribution >= 4 is 21.2 Å². The van der Waals surface area contributed by atoms with Crippen molar-refractivity contribution in [3.63, 3.8) is 0 Å². The summed E-state index contributed by atoms with van der Waals surface area (Å²) in [6, 6.07) is 13.1. The Morgan fingerprint density at radius 1 is 1.10 bits per heavy atom. The molecule has 112 valence electrons. The lowest BCUT2D eigenvalue weighted by molar-refractivity contribution is 0.602. The molecule has 0 amide bonds. The monoisotopic (exact) mass is 304 g/mol. The molecule has 2 rings (SSSR count). The zero-order valence-electron chi connectivity index (χ0n) is 12.4. The van der Waals surface area contributed by atoms with E-state index in [9.17, 15) is 8.42 Å². The Labute approximate surface area is 125 Å². The van der Waals surface area contributed by atoms with Gasteiger partial charge < -0.3 is 11.1 Å². The van der Waals surface area contributed by atoms with Gasteiger partial charge in [-0.1, -0.05) is 30.3 Å². The number of anilines is 2. The molecule has 0 aromatic heterocycles. The maximum atomic E-state index is 11.7. The molecule has 2 aromatic carbocycles. The fourth-order valence-electron chi connectivity index (χ4n) is 2.38. The summed E-state index contributed by atoms with van der Waals surface area (Å²) in [4.78, 5) is 0.157. The van der Waals surface area contributed by atoms with Crippen LogP contribution in [0, 0.1) is 6.92 Å². The van der Waals surface area contributed by atoms with E-state index in [1.165, 1.54) is 11.6 Å². The molecule has 2 aromatic rings. The average molecular weight is 304 g/mol. The van der Waals surface area contributed by atoms with Crippen molar-refractivity contribution < 1.29 is 8.42 Å². The van der Waals surface area contributed by atoms with Crippen molar-refractivity contribution in [2.45, 2.75) is 24.8 Å². The maximum Gasteiger partial charge on any atom is 0.177 e. The number of rotatable bonds is 4. The quantitative estimate of drug-likeness (QED) is 0.851. The van der Waals surface area contributed by atoms with Crippen molar-refractivity contribution in [2.75, 3.05) is 17.3 Å². The Kier molecular flexibility index (Phi) is 4.23. The van der Waals surface area contributed by atoms with Gasteiger partial charge in [-0.25, -0.2) is 8.42 Å². The molecule has 0 spiro atoms. The predicted octanol–water partition coefficient (Wildman–Crippen LogP) is 3.15. The van der Waals surface area contributed by atoms with E-state index in [0.717, 1.165) is 11.8 Å². The smallest absolute Gasteiger partial charge is 0.177 e. The van der Waals surface area contributed by atoms with Crippen LogP contribution < -0.4 is 11.1 Å². The van der Waals surface area contributed by atoms with Gasteiger partial charge in [0.25, 0.3) is 0 Å². The second-order valence-corrected chi connectivity index (χ2v) is 7.20. The Morgan fingerprint density at radius 2 is 1.76 bits per heavy atom. The van der Waals surface area contributed by atoms with Gasteiger partial charge in [0.2, 0.25) is 0 Å². The van der Waals surface area contributed by atoms with Gasteiger partial charge in [-0.05, 0) is 37.1 Å². The third-order valence-electron chi connectivity index (χ3n) is 3.49. The molecular formula is C16H20N2O2S. The SMILES string of the molecule is Cc1ccccc1C(C)Nc1cccc(S(C)(=O)=O)c1N. The van der Waals surface area contributed by atoms with E-state index in [1.54, 1.807) is 12.1 Å². The van der Waals surface area contributed by atoms with Crippen LogP contribution in [0.25, 0.3) is 0 Å². The number of aryl methyl sites for hydroxylation is 1. The summed E-state index contributed by atoms with van der Waals surface area (Å²) >= 11 is 0. The first-order valence-corrected chi connectivity index (χ1v) is 8.60. The first kappa shape index (κ1) is 15.4. The molecule has 0 saturated heterocycles. The van der Waals surface area contributed by atoms with E-state index in [4.69, 9.17) is 5.73 Å². The molecule has 0 fully saturated rings. The van der Waals surface area contributed by atoms with E-state index in [2.05, 4.69) is 5.32 Å². The number of para-hydroxylation sites is 1. The molecule has 0 bridgehead atoms. The molecule has 0 heterocycles. The number of nitrogen functional groups attached to an aromatic ring is 1. The van der Waals surface area contributed by atoms with Crippen molar-refractivity contribution in [2.24, 2.45) is 0 Å². The van der Waals surface area contributed by atoms with Crippen LogP contribution in [-0.2, 0) is 9.84 Å². The van der Waals surface area contributed by atoms with Crippen LogP contribution in [0.4, 0.5) is 11.4 Å². The highest BCUT2D eigenvalue weighted by molar-refractivity contribution is 7.90. The zero-order chi connectivity index (χ0) is 15.6. The molecule has 4 nitrogen and oxygen atoms in total. The molecule has 1 unspecified atom stereocenters. The maximum absolute atomic E-state index is 11.7. The summed E-state index contributed by atoms with van der Waals surface area (Å²) in [7, 11) is -3.33. The zero-order valence-corrected chi connectivity index (χ0v) is 13.2. The summed E-state index contributed by atoms with van der Waals surface area (Å²) < 4.78 is 23.4. The fraction of sp³-hybridized carbons (Fsp3) is 0.250. The number of nitrogens with one attached hydrogen (secondary N) is 1. The molecule has 0 radical (unpaired) electrons. The second-order valence-electron chi connectivity index (χ2n) is 5.21. The first-order valence-electron chi connectivity index (χ1n) is 6.71. The third kappa shape index (κ3) is 3.36. The van der Waals surface area contributed by atoms with Gasteiger partial charge in [0.1, 0.15) is 0 Å². The van der Waals surface area contributed by atoms with Gasteiger partial charge in [0.15, 0.2) is 9.84 Å². The number of hydrogen-bond acceptors (Lipinski definition) is 4. The summed E-state index contributed by atoms with van der Waals surface area (Å²) in [5.41, 5.74) is 9.22. The standard InChI is InChI=1S/C16H20N2O2S/c1-11-7-4-5-8-13(11)12(2)18-14-9-6-10-15(16(14)17)21(3,19)20/h4-10,12,18H,17H2,1-3H3. The minimum Gasteiger partial charge on any atom is -0.396 e. The number of sulfone groups is 1. The normalized spacial score (nSPS) is 12.9. The van der Waals surface area contributed by atoms with E-state index >= 15 is 0 Å². The molecule has 0 aliphatic rings. The Bertz CT molecular complexity index is 755. The summed E-state index contributed by atoms with van der Waals surface area (Å²) in [5.74, 6) is 0. The Morgan fingerprint density at radius 3 is 2.38 bits per heavy atom. The van der Waals surface area contributed by atoms with Crippen LogP contribution in [0.5, 0.6) is 0 Å². The molecule has 21 heavy (non-hydrogen) atoms. The minimum absolute atomic E-state index is 0.0308. The molecule has 0 aliphatic heterocycles. The topological polar surface area (TPSA) is 72.2 Å². The number of benzene rings is 2. The van der Waals surface area contributed by atoms with Crippen LogP contribution in [0.15, 0.2) is 47.4 Å². The predicted molar refractivity (Wildman–Crippen MR) is 87.2 cm³/mol. The average Bonchev–Trinajstić information content (AvgIpc) is 2.40. The van der Waals surface area contributed by atoms with Crippen molar-refractivity contribution in [3.05, 3.63) is 53.6 Å². The van der Waals surface area contributed by atoms with Crippen molar-refractivity contribution in [1.29, 1.82) is 0 Å². The summed E-state index contributed by atoms with van der Waals surface area (Å²) in [6.07, 6.45) is 1.16. The van der Waals surface area contributed by atoms with Crippen LogP contribution in [0.3, 0.4) is 0 Å². The largest absolute Gasteiger partial charge is 0.396 e.